The van der Waals surface area contributed by atoms with Crippen molar-refractivity contribution in [3.63, 3.8) is 0 Å². The molecule has 0 aromatic carbocycles. The Kier molecular flexibility index (Phi) is 8.70. The molecule has 0 N–H and O–H groups in total. The number of carbonyl (C=O) groups excluding carboxylic acids is 2. The molecule has 0 spiro atoms. The van der Waals surface area contributed by atoms with Gasteiger partial charge in [0.05, 0.1) is 11.8 Å². The van der Waals surface area contributed by atoms with Gasteiger partial charge in [-0.1, -0.05) is 83.5 Å². The summed E-state index contributed by atoms with van der Waals surface area (Å²) >= 11 is 0. The summed E-state index contributed by atoms with van der Waals surface area (Å²) in [5, 5.41) is 0. The van der Waals surface area contributed by atoms with E-state index in [0.29, 0.717) is 0 Å². The lowest BCUT2D eigenvalue weighted by molar-refractivity contribution is -0.172. The van der Waals surface area contributed by atoms with E-state index in [1.165, 1.54) is 70.6 Å². The monoisotopic (exact) mass is 322 g/mol. The molecule has 3 nitrogen and oxygen atoms in total. The van der Waals surface area contributed by atoms with Gasteiger partial charge in [-0.05, 0) is 19.3 Å². The van der Waals surface area contributed by atoms with Crippen LogP contribution in [-0.2, 0) is 14.3 Å². The number of fused-ring (bicyclic) bond motifs is 2. The summed E-state index contributed by atoms with van der Waals surface area (Å²) in [5.41, 5.74) is 0. The fraction of sp³-hybridized carbons (Fsp3) is 0.900. The Morgan fingerprint density at radius 1 is 0.522 bits per heavy atom. The quantitative estimate of drug-likeness (QED) is 0.433. The van der Waals surface area contributed by atoms with Crippen LogP contribution in [0.3, 0.4) is 0 Å². The van der Waals surface area contributed by atoms with Crippen molar-refractivity contribution in [2.75, 3.05) is 0 Å². The number of hydrogen-bond acceptors (Lipinski definition) is 3. The Hall–Kier alpha value is -0.860. The molecule has 23 heavy (non-hydrogen) atoms. The molecule has 0 aromatic rings. The molecule has 2 bridgehead atoms. The van der Waals surface area contributed by atoms with E-state index in [-0.39, 0.29) is 23.8 Å². The van der Waals surface area contributed by atoms with Crippen molar-refractivity contribution in [3.8, 4) is 0 Å². The topological polar surface area (TPSA) is 43.4 Å². The van der Waals surface area contributed by atoms with Gasteiger partial charge in [0.2, 0.25) is 0 Å². The third-order valence-corrected chi connectivity index (χ3v) is 5.54. The van der Waals surface area contributed by atoms with Gasteiger partial charge in [-0.15, -0.1) is 0 Å². The van der Waals surface area contributed by atoms with Crippen LogP contribution >= 0.6 is 0 Å². The molecule has 2 atom stereocenters. The van der Waals surface area contributed by atoms with Crippen molar-refractivity contribution in [1.82, 2.24) is 0 Å². The van der Waals surface area contributed by atoms with E-state index < -0.39 is 0 Å². The van der Waals surface area contributed by atoms with Crippen LogP contribution in [0.5, 0.6) is 0 Å². The van der Waals surface area contributed by atoms with Crippen LogP contribution in [0, 0.1) is 11.8 Å². The van der Waals surface area contributed by atoms with E-state index in [2.05, 4.69) is 0 Å². The molecule has 2 unspecified atom stereocenters. The zero-order chi connectivity index (χ0) is 16.3. The normalized spacial score (nSPS) is 30.1. The van der Waals surface area contributed by atoms with Gasteiger partial charge in [-0.2, -0.15) is 0 Å². The summed E-state index contributed by atoms with van der Waals surface area (Å²) in [6.07, 6.45) is 19.3. The summed E-state index contributed by atoms with van der Waals surface area (Å²) in [5.74, 6) is -0.588. The average Bonchev–Trinajstić information content (AvgIpc) is 2.53. The lowest BCUT2D eigenvalue weighted by atomic mass is 9.85. The minimum atomic E-state index is -0.263. The van der Waals surface area contributed by atoms with Crippen molar-refractivity contribution in [3.05, 3.63) is 0 Å². The first-order valence-electron chi connectivity index (χ1n) is 10.0. The van der Waals surface area contributed by atoms with Crippen molar-refractivity contribution in [2.24, 2.45) is 11.8 Å². The molecule has 1 saturated carbocycles. The van der Waals surface area contributed by atoms with Gasteiger partial charge in [0.1, 0.15) is 0 Å². The van der Waals surface area contributed by atoms with Crippen molar-refractivity contribution < 1.29 is 14.3 Å². The molecule has 132 valence electrons. The maximum atomic E-state index is 11.9. The van der Waals surface area contributed by atoms with Gasteiger partial charge in [0.25, 0.3) is 0 Å². The van der Waals surface area contributed by atoms with E-state index in [1.54, 1.807) is 0 Å². The number of ether oxygens (including phenoxy) is 1. The Balaban J connectivity index is 1.79. The van der Waals surface area contributed by atoms with Gasteiger partial charge in [-0.3, -0.25) is 9.59 Å². The standard InChI is InChI=1S/C20H34O3/c21-19-17-14-12-10-8-6-4-2-1-3-5-7-9-11-13-15-18(16-17)20(22)23-19/h17-18H,1-16H2. The molecule has 1 aliphatic heterocycles. The first kappa shape index (κ1) is 18.5. The van der Waals surface area contributed by atoms with Crippen LogP contribution in [0.25, 0.3) is 0 Å². The molecule has 0 radical (unpaired) electrons. The van der Waals surface area contributed by atoms with E-state index in [0.717, 1.165) is 32.1 Å². The largest absolute Gasteiger partial charge is 0.393 e. The zero-order valence-corrected chi connectivity index (χ0v) is 14.7. The molecular weight excluding hydrogens is 288 g/mol. The third-order valence-electron chi connectivity index (χ3n) is 5.54. The maximum absolute atomic E-state index is 11.9. The minimum absolute atomic E-state index is 0.0309. The van der Waals surface area contributed by atoms with Crippen LogP contribution in [0.4, 0.5) is 0 Å². The molecule has 2 rings (SSSR count). The van der Waals surface area contributed by atoms with E-state index in [9.17, 15) is 9.59 Å². The van der Waals surface area contributed by atoms with E-state index in [1.807, 2.05) is 0 Å². The second-order valence-electron chi connectivity index (χ2n) is 7.54. The smallest absolute Gasteiger partial charge is 0.316 e. The SMILES string of the molecule is O=C1OC(=O)C2CCCCCCCCCCCCCCCC1C2. The Bertz CT molecular complexity index is 332. The average molecular weight is 322 g/mol. The molecule has 0 aromatic heterocycles. The molecular formula is C20H34O3. The highest BCUT2D eigenvalue weighted by molar-refractivity contribution is 5.90. The van der Waals surface area contributed by atoms with Gasteiger partial charge in [0, 0.05) is 0 Å². The number of rotatable bonds is 0. The van der Waals surface area contributed by atoms with E-state index in [4.69, 9.17) is 4.74 Å². The fourth-order valence-electron chi connectivity index (χ4n) is 4.00. The third kappa shape index (κ3) is 7.05. The summed E-state index contributed by atoms with van der Waals surface area (Å²) in [6, 6.07) is 0. The molecule has 2 aliphatic rings. The summed E-state index contributed by atoms with van der Waals surface area (Å²) in [6.45, 7) is 0. The highest BCUT2D eigenvalue weighted by Crippen LogP contribution is 2.30. The first-order valence-corrected chi connectivity index (χ1v) is 10.0. The molecule has 1 aliphatic carbocycles. The predicted octanol–water partition coefficient (Wildman–Crippen LogP) is 5.56. The lowest BCUT2D eigenvalue weighted by Gasteiger charge is -2.26. The van der Waals surface area contributed by atoms with Gasteiger partial charge < -0.3 is 4.74 Å². The van der Waals surface area contributed by atoms with Crippen LogP contribution in [-0.4, -0.2) is 11.9 Å². The van der Waals surface area contributed by atoms with Gasteiger partial charge in [-0.25, -0.2) is 0 Å². The minimum Gasteiger partial charge on any atom is -0.393 e. The summed E-state index contributed by atoms with van der Waals surface area (Å²) in [4.78, 5) is 23.8. The summed E-state index contributed by atoms with van der Waals surface area (Å²) in [7, 11) is 0. The Labute approximate surface area is 141 Å². The highest BCUT2D eigenvalue weighted by Gasteiger charge is 2.35. The first-order chi connectivity index (χ1) is 11.3. The lowest BCUT2D eigenvalue weighted by Crippen LogP contribution is -2.34. The number of hydrogen-bond donors (Lipinski definition) is 0. The molecule has 3 heteroatoms. The van der Waals surface area contributed by atoms with Crippen molar-refractivity contribution >= 4 is 11.9 Å². The zero-order valence-electron chi connectivity index (χ0n) is 14.7. The summed E-state index contributed by atoms with van der Waals surface area (Å²) < 4.78 is 5.02. The molecule has 1 heterocycles. The predicted molar refractivity (Wildman–Crippen MR) is 92.0 cm³/mol. The number of carbonyl (C=O) groups is 2. The van der Waals surface area contributed by atoms with Gasteiger partial charge in [0.15, 0.2) is 0 Å². The van der Waals surface area contributed by atoms with Crippen LogP contribution in [0.2, 0.25) is 0 Å². The highest BCUT2D eigenvalue weighted by atomic mass is 16.6. The molecule has 1 saturated heterocycles. The fourth-order valence-corrected chi connectivity index (χ4v) is 4.00. The van der Waals surface area contributed by atoms with Crippen molar-refractivity contribution in [1.29, 1.82) is 0 Å². The van der Waals surface area contributed by atoms with Crippen LogP contribution in [0.15, 0.2) is 0 Å². The maximum Gasteiger partial charge on any atom is 0.316 e. The van der Waals surface area contributed by atoms with Crippen LogP contribution in [0.1, 0.15) is 103 Å². The van der Waals surface area contributed by atoms with Crippen molar-refractivity contribution in [2.45, 2.75) is 103 Å². The second kappa shape index (κ2) is 10.8. The molecule has 0 amide bonds. The Morgan fingerprint density at radius 2 is 0.826 bits per heavy atom. The number of cyclic esters (lactones) is 2. The second-order valence-corrected chi connectivity index (χ2v) is 7.54. The van der Waals surface area contributed by atoms with Crippen LogP contribution < -0.4 is 0 Å². The van der Waals surface area contributed by atoms with E-state index >= 15 is 0 Å². The molecule has 2 fully saturated rings. The van der Waals surface area contributed by atoms with Gasteiger partial charge >= 0.3 is 11.9 Å². The Morgan fingerprint density at radius 3 is 1.17 bits per heavy atom. The number of esters is 2.